The molecule has 0 aliphatic carbocycles. The van der Waals surface area contributed by atoms with Crippen LogP contribution in [-0.4, -0.2) is 27.8 Å². The Morgan fingerprint density at radius 2 is 1.86 bits per heavy atom. The minimum absolute atomic E-state index is 0.169. The summed E-state index contributed by atoms with van der Waals surface area (Å²) in [4.78, 5) is 38.6. The predicted octanol–water partition coefficient (Wildman–Crippen LogP) is 2.63. The van der Waals surface area contributed by atoms with Crippen molar-refractivity contribution < 1.29 is 9.53 Å². The van der Waals surface area contributed by atoms with E-state index in [9.17, 15) is 14.4 Å². The Morgan fingerprint density at radius 3 is 2.59 bits per heavy atom. The Hall–Kier alpha value is -2.90. The molecule has 1 unspecified atom stereocenters. The number of benzene rings is 2. The molecule has 2 aromatic carbocycles. The Labute approximate surface area is 171 Å². The Bertz CT molecular complexity index is 1160. The third-order valence-corrected chi connectivity index (χ3v) is 5.22. The molecule has 0 bridgehead atoms. The number of ether oxygens (including phenoxy) is 1. The van der Waals surface area contributed by atoms with E-state index in [2.05, 4.69) is 5.32 Å². The van der Waals surface area contributed by atoms with Crippen LogP contribution < -0.4 is 16.6 Å². The number of halogens is 1. The normalized spacial score (nSPS) is 16.2. The Balaban J connectivity index is 1.70. The smallest absolute Gasteiger partial charge is 0.332 e. The molecular formula is C21H20ClN3O4. The van der Waals surface area contributed by atoms with Crippen LogP contribution in [0, 0.1) is 0 Å². The minimum atomic E-state index is -0.518. The van der Waals surface area contributed by atoms with E-state index in [0.29, 0.717) is 28.2 Å². The molecule has 29 heavy (non-hydrogen) atoms. The van der Waals surface area contributed by atoms with E-state index in [0.717, 1.165) is 12.8 Å². The number of hydrogen-bond acceptors (Lipinski definition) is 4. The van der Waals surface area contributed by atoms with E-state index in [4.69, 9.17) is 16.3 Å². The number of amides is 1. The van der Waals surface area contributed by atoms with Crippen LogP contribution in [0.4, 0.5) is 5.69 Å². The average molecular weight is 414 g/mol. The highest BCUT2D eigenvalue weighted by Crippen LogP contribution is 2.15. The number of aromatic nitrogens is 2. The fraction of sp³-hybridized carbons (Fsp3) is 0.286. The second-order valence-corrected chi connectivity index (χ2v) is 7.43. The highest BCUT2D eigenvalue weighted by Gasteiger charge is 2.21. The zero-order chi connectivity index (χ0) is 20.4. The molecular weight excluding hydrogens is 394 g/mol. The number of rotatable bonds is 5. The van der Waals surface area contributed by atoms with E-state index in [1.807, 2.05) is 0 Å². The number of hydrogen-bond donors (Lipinski definition) is 1. The van der Waals surface area contributed by atoms with Gasteiger partial charge in [0.05, 0.1) is 23.6 Å². The highest BCUT2D eigenvalue weighted by atomic mass is 35.5. The van der Waals surface area contributed by atoms with Crippen molar-refractivity contribution in [1.82, 2.24) is 9.13 Å². The molecule has 1 N–H and O–H groups in total. The van der Waals surface area contributed by atoms with Crippen molar-refractivity contribution in [3.8, 4) is 0 Å². The van der Waals surface area contributed by atoms with Crippen LogP contribution in [0.15, 0.2) is 58.1 Å². The molecule has 0 radical (unpaired) electrons. The fourth-order valence-corrected chi connectivity index (χ4v) is 3.68. The molecule has 1 aliphatic heterocycles. The summed E-state index contributed by atoms with van der Waals surface area (Å²) in [6, 6.07) is 13.5. The first-order valence-electron chi connectivity index (χ1n) is 9.42. The maximum absolute atomic E-state index is 13.1. The summed E-state index contributed by atoms with van der Waals surface area (Å²) < 4.78 is 8.10. The molecule has 7 nitrogen and oxygen atoms in total. The standard InChI is InChI=1S/C21H20ClN3O4/c22-14-7-9-15(10-8-14)23-19(26)13-24-18-6-2-1-5-17(18)20(27)25(21(24)28)12-16-4-3-11-29-16/h1-2,5-10,16H,3-4,11-13H2,(H,23,26). The molecule has 1 saturated heterocycles. The Morgan fingerprint density at radius 1 is 1.10 bits per heavy atom. The third kappa shape index (κ3) is 4.11. The molecule has 0 spiro atoms. The van der Waals surface area contributed by atoms with Crippen LogP contribution in [0.25, 0.3) is 10.9 Å². The summed E-state index contributed by atoms with van der Waals surface area (Å²) in [5.41, 5.74) is 0.118. The zero-order valence-corrected chi connectivity index (χ0v) is 16.4. The summed E-state index contributed by atoms with van der Waals surface area (Å²) in [5, 5.41) is 3.70. The number of anilines is 1. The molecule has 1 atom stereocenters. The van der Waals surface area contributed by atoms with Gasteiger partial charge in [-0.1, -0.05) is 23.7 Å². The summed E-state index contributed by atoms with van der Waals surface area (Å²) in [5.74, 6) is -0.373. The lowest BCUT2D eigenvalue weighted by Crippen LogP contribution is -2.43. The quantitative estimate of drug-likeness (QED) is 0.697. The molecule has 3 aromatic rings. The number of fused-ring (bicyclic) bond motifs is 1. The molecule has 0 saturated carbocycles. The summed E-state index contributed by atoms with van der Waals surface area (Å²) in [6.45, 7) is 0.597. The Kier molecular flexibility index (Phi) is 5.51. The van der Waals surface area contributed by atoms with Crippen LogP contribution in [0.5, 0.6) is 0 Å². The van der Waals surface area contributed by atoms with Crippen LogP contribution in [0.2, 0.25) is 5.02 Å². The first kappa shape index (κ1) is 19.4. The third-order valence-electron chi connectivity index (χ3n) is 4.97. The molecule has 1 aromatic heterocycles. The maximum atomic E-state index is 13.1. The van der Waals surface area contributed by atoms with Gasteiger partial charge in [0, 0.05) is 17.3 Å². The SMILES string of the molecule is O=C(Cn1c(=O)n(CC2CCCO2)c(=O)c2ccccc21)Nc1ccc(Cl)cc1. The summed E-state index contributed by atoms with van der Waals surface area (Å²) >= 11 is 5.87. The van der Waals surface area contributed by atoms with Gasteiger partial charge in [0.25, 0.3) is 5.56 Å². The van der Waals surface area contributed by atoms with Crippen LogP contribution in [0.1, 0.15) is 12.8 Å². The first-order valence-corrected chi connectivity index (χ1v) is 9.80. The topological polar surface area (TPSA) is 82.3 Å². The van der Waals surface area contributed by atoms with E-state index in [-0.39, 0.29) is 30.7 Å². The summed E-state index contributed by atoms with van der Waals surface area (Å²) in [7, 11) is 0. The van der Waals surface area contributed by atoms with Crippen molar-refractivity contribution in [2.75, 3.05) is 11.9 Å². The van der Waals surface area contributed by atoms with E-state index in [1.54, 1.807) is 48.5 Å². The predicted molar refractivity (Wildman–Crippen MR) is 112 cm³/mol. The number of nitrogens with one attached hydrogen (secondary N) is 1. The lowest BCUT2D eigenvalue weighted by molar-refractivity contribution is -0.116. The van der Waals surface area contributed by atoms with Crippen molar-refractivity contribution in [3.63, 3.8) is 0 Å². The monoisotopic (exact) mass is 413 g/mol. The molecule has 1 fully saturated rings. The number of carbonyl (C=O) groups excluding carboxylic acids is 1. The van der Waals surface area contributed by atoms with Gasteiger partial charge in [0.15, 0.2) is 0 Å². The minimum Gasteiger partial charge on any atom is -0.376 e. The van der Waals surface area contributed by atoms with Gasteiger partial charge in [-0.15, -0.1) is 0 Å². The molecule has 1 aliphatic rings. The van der Waals surface area contributed by atoms with Crippen molar-refractivity contribution in [1.29, 1.82) is 0 Å². The fourth-order valence-electron chi connectivity index (χ4n) is 3.55. The lowest BCUT2D eigenvalue weighted by atomic mass is 10.2. The van der Waals surface area contributed by atoms with Crippen LogP contribution in [0.3, 0.4) is 0 Å². The van der Waals surface area contributed by atoms with Crippen LogP contribution in [-0.2, 0) is 22.6 Å². The molecule has 1 amide bonds. The van der Waals surface area contributed by atoms with Crippen molar-refractivity contribution >= 4 is 34.1 Å². The van der Waals surface area contributed by atoms with Gasteiger partial charge < -0.3 is 10.1 Å². The summed E-state index contributed by atoms with van der Waals surface area (Å²) in [6.07, 6.45) is 1.54. The van der Waals surface area contributed by atoms with Gasteiger partial charge in [-0.25, -0.2) is 4.79 Å². The largest absolute Gasteiger partial charge is 0.376 e. The number of carbonyl (C=O) groups is 1. The molecule has 2 heterocycles. The molecule has 150 valence electrons. The second kappa shape index (κ2) is 8.23. The van der Waals surface area contributed by atoms with E-state index < -0.39 is 5.69 Å². The number of nitrogens with zero attached hydrogens (tertiary/aromatic N) is 2. The van der Waals surface area contributed by atoms with Crippen molar-refractivity contribution in [2.24, 2.45) is 0 Å². The maximum Gasteiger partial charge on any atom is 0.332 e. The van der Waals surface area contributed by atoms with Crippen molar-refractivity contribution in [2.45, 2.75) is 32.0 Å². The first-order chi connectivity index (χ1) is 14.0. The van der Waals surface area contributed by atoms with Gasteiger partial charge >= 0.3 is 5.69 Å². The molecule has 4 rings (SSSR count). The van der Waals surface area contributed by atoms with Gasteiger partial charge in [0.1, 0.15) is 6.54 Å². The van der Waals surface area contributed by atoms with Gasteiger partial charge in [-0.2, -0.15) is 0 Å². The van der Waals surface area contributed by atoms with Crippen molar-refractivity contribution in [3.05, 3.63) is 74.4 Å². The average Bonchev–Trinajstić information content (AvgIpc) is 3.23. The van der Waals surface area contributed by atoms with Gasteiger partial charge in [-0.3, -0.25) is 18.7 Å². The van der Waals surface area contributed by atoms with Gasteiger partial charge in [0.2, 0.25) is 5.91 Å². The molecule has 8 heteroatoms. The number of para-hydroxylation sites is 1. The zero-order valence-electron chi connectivity index (χ0n) is 15.6. The lowest BCUT2D eigenvalue weighted by Gasteiger charge is -2.16. The highest BCUT2D eigenvalue weighted by molar-refractivity contribution is 6.30. The second-order valence-electron chi connectivity index (χ2n) is 6.99. The van der Waals surface area contributed by atoms with Gasteiger partial charge in [-0.05, 0) is 49.2 Å². The van der Waals surface area contributed by atoms with E-state index >= 15 is 0 Å². The van der Waals surface area contributed by atoms with Crippen LogP contribution >= 0.6 is 11.6 Å². The van der Waals surface area contributed by atoms with E-state index in [1.165, 1.54) is 9.13 Å².